The fraction of sp³-hybridized carbons (Fsp3) is 0.435. The molecule has 0 aliphatic carbocycles. The lowest BCUT2D eigenvalue weighted by Gasteiger charge is -2.47. The van der Waals surface area contributed by atoms with Gasteiger partial charge in [0.2, 0.25) is 0 Å². The number of benzene rings is 2. The summed E-state index contributed by atoms with van der Waals surface area (Å²) in [7, 11) is 0. The van der Waals surface area contributed by atoms with Crippen LogP contribution in [-0.4, -0.2) is 35.5 Å². The largest absolute Gasteiger partial charge is 0.487 e. The van der Waals surface area contributed by atoms with E-state index in [2.05, 4.69) is 30.1 Å². The van der Waals surface area contributed by atoms with Gasteiger partial charge in [-0.3, -0.25) is 4.79 Å². The molecule has 0 radical (unpaired) electrons. The van der Waals surface area contributed by atoms with E-state index < -0.39 is 0 Å². The molecule has 1 spiro atoms. The molecule has 1 fully saturated rings. The Balaban J connectivity index is 1.57. The van der Waals surface area contributed by atoms with E-state index >= 15 is 0 Å². The van der Waals surface area contributed by atoms with Crippen molar-refractivity contribution in [3.8, 4) is 5.75 Å². The zero-order valence-corrected chi connectivity index (χ0v) is 16.2. The number of nitrogens with one attached hydrogen (secondary N) is 1. The number of ether oxygens (including phenoxy) is 1. The van der Waals surface area contributed by atoms with Crippen molar-refractivity contribution in [2.45, 2.75) is 50.8 Å². The van der Waals surface area contributed by atoms with Crippen LogP contribution in [0.1, 0.15) is 55.1 Å². The lowest BCUT2D eigenvalue weighted by molar-refractivity contribution is -0.0306. The van der Waals surface area contributed by atoms with Crippen LogP contribution in [0.4, 0.5) is 0 Å². The second kappa shape index (κ2) is 7.35. The first kappa shape index (κ1) is 18.1. The molecule has 0 saturated carbocycles. The van der Waals surface area contributed by atoms with Gasteiger partial charge in [0, 0.05) is 36.7 Å². The van der Waals surface area contributed by atoms with E-state index in [0.717, 1.165) is 43.7 Å². The Kier molecular flexibility index (Phi) is 4.92. The molecule has 1 saturated heterocycles. The van der Waals surface area contributed by atoms with Gasteiger partial charge in [-0.1, -0.05) is 36.4 Å². The van der Waals surface area contributed by atoms with Gasteiger partial charge >= 0.3 is 0 Å². The van der Waals surface area contributed by atoms with Gasteiger partial charge in [0.1, 0.15) is 11.4 Å². The molecule has 2 aromatic rings. The SMILES string of the molecule is CC(C)N1CCC2(CC1)C[C@@H](NC(=O)c1ccccc1)c1ccccc1O2. The van der Waals surface area contributed by atoms with Gasteiger partial charge in [0.05, 0.1) is 6.04 Å². The number of amides is 1. The van der Waals surface area contributed by atoms with E-state index in [-0.39, 0.29) is 17.6 Å². The van der Waals surface area contributed by atoms with Gasteiger partial charge in [-0.15, -0.1) is 0 Å². The minimum Gasteiger partial charge on any atom is -0.487 e. The molecular weight excluding hydrogens is 336 g/mol. The number of fused-ring (bicyclic) bond motifs is 1. The van der Waals surface area contributed by atoms with E-state index in [9.17, 15) is 4.79 Å². The van der Waals surface area contributed by atoms with Crippen molar-refractivity contribution in [2.75, 3.05) is 13.1 Å². The van der Waals surface area contributed by atoms with Crippen molar-refractivity contribution in [1.82, 2.24) is 10.2 Å². The minimum atomic E-state index is -0.186. The summed E-state index contributed by atoms with van der Waals surface area (Å²) in [5, 5.41) is 3.26. The molecule has 0 unspecified atom stereocenters. The molecule has 4 heteroatoms. The van der Waals surface area contributed by atoms with Gasteiger partial charge in [-0.2, -0.15) is 0 Å². The van der Waals surface area contributed by atoms with Gasteiger partial charge in [0.25, 0.3) is 5.91 Å². The molecule has 0 aromatic heterocycles. The topological polar surface area (TPSA) is 41.6 Å². The summed E-state index contributed by atoms with van der Waals surface area (Å²) in [6, 6.07) is 18.1. The van der Waals surface area contributed by atoms with Crippen molar-refractivity contribution in [3.05, 3.63) is 65.7 Å². The van der Waals surface area contributed by atoms with E-state index in [1.807, 2.05) is 48.5 Å². The Hall–Kier alpha value is -2.33. The standard InChI is InChI=1S/C23H28N2O2/c1-17(2)25-14-12-23(13-15-25)16-20(19-10-6-7-11-21(19)27-23)24-22(26)18-8-4-3-5-9-18/h3-11,17,20H,12-16H2,1-2H3,(H,24,26)/t20-/m1/s1. The third-order valence-electron chi connectivity index (χ3n) is 5.98. The molecule has 1 atom stereocenters. The van der Waals surface area contributed by atoms with Gasteiger partial charge in [0.15, 0.2) is 0 Å². The zero-order valence-electron chi connectivity index (χ0n) is 16.2. The fourth-order valence-corrected chi connectivity index (χ4v) is 4.33. The molecular formula is C23H28N2O2. The lowest BCUT2D eigenvalue weighted by Crippen LogP contribution is -2.53. The first-order valence-electron chi connectivity index (χ1n) is 9.94. The highest BCUT2D eigenvalue weighted by molar-refractivity contribution is 5.94. The van der Waals surface area contributed by atoms with Crippen molar-refractivity contribution in [2.24, 2.45) is 0 Å². The van der Waals surface area contributed by atoms with Crippen molar-refractivity contribution in [1.29, 1.82) is 0 Å². The number of rotatable bonds is 3. The molecule has 27 heavy (non-hydrogen) atoms. The summed E-state index contributed by atoms with van der Waals surface area (Å²) in [5.74, 6) is 0.896. The van der Waals surface area contributed by atoms with Crippen LogP contribution in [-0.2, 0) is 0 Å². The summed E-state index contributed by atoms with van der Waals surface area (Å²) in [5.41, 5.74) is 1.60. The van der Waals surface area contributed by atoms with Crippen LogP contribution in [0.3, 0.4) is 0 Å². The van der Waals surface area contributed by atoms with Crippen LogP contribution in [0, 0.1) is 0 Å². The van der Waals surface area contributed by atoms with Crippen LogP contribution in [0.2, 0.25) is 0 Å². The highest BCUT2D eigenvalue weighted by Crippen LogP contribution is 2.44. The average Bonchev–Trinajstić information content (AvgIpc) is 2.69. The Bertz CT molecular complexity index is 795. The Morgan fingerprint density at radius 3 is 2.44 bits per heavy atom. The molecule has 2 heterocycles. The maximum atomic E-state index is 12.8. The zero-order chi connectivity index (χ0) is 18.9. The minimum absolute atomic E-state index is 0.0201. The van der Waals surface area contributed by atoms with Crippen molar-refractivity contribution < 1.29 is 9.53 Å². The van der Waals surface area contributed by atoms with Crippen LogP contribution >= 0.6 is 0 Å². The molecule has 1 amide bonds. The molecule has 4 nitrogen and oxygen atoms in total. The van der Waals surface area contributed by atoms with Crippen LogP contribution in [0.25, 0.3) is 0 Å². The second-order valence-electron chi connectivity index (χ2n) is 8.05. The normalized spacial score (nSPS) is 21.5. The Morgan fingerprint density at radius 1 is 1.07 bits per heavy atom. The molecule has 2 aliphatic heterocycles. The maximum Gasteiger partial charge on any atom is 0.251 e. The van der Waals surface area contributed by atoms with E-state index in [1.165, 1.54) is 0 Å². The Labute approximate surface area is 161 Å². The van der Waals surface area contributed by atoms with Crippen molar-refractivity contribution >= 4 is 5.91 Å². The number of likely N-dealkylation sites (tertiary alicyclic amines) is 1. The molecule has 2 aromatic carbocycles. The lowest BCUT2D eigenvalue weighted by atomic mass is 9.80. The number of piperidine rings is 1. The summed E-state index contributed by atoms with van der Waals surface area (Å²) in [6.07, 6.45) is 2.82. The third-order valence-corrected chi connectivity index (χ3v) is 5.98. The predicted octanol–water partition coefficient (Wildman–Crippen LogP) is 4.18. The molecule has 2 aliphatic rings. The van der Waals surface area contributed by atoms with Gasteiger partial charge in [-0.05, 0) is 44.9 Å². The van der Waals surface area contributed by atoms with Crippen molar-refractivity contribution in [3.63, 3.8) is 0 Å². The quantitative estimate of drug-likeness (QED) is 0.888. The number of hydrogen-bond donors (Lipinski definition) is 1. The van der Waals surface area contributed by atoms with E-state index in [1.54, 1.807) is 0 Å². The van der Waals surface area contributed by atoms with Gasteiger partial charge < -0.3 is 15.0 Å². The predicted molar refractivity (Wildman–Crippen MR) is 107 cm³/mol. The number of hydrogen-bond acceptors (Lipinski definition) is 3. The molecule has 0 bridgehead atoms. The molecule has 4 rings (SSSR count). The average molecular weight is 364 g/mol. The highest BCUT2D eigenvalue weighted by atomic mass is 16.5. The number of nitrogens with zero attached hydrogens (tertiary/aromatic N) is 1. The second-order valence-corrected chi connectivity index (χ2v) is 8.05. The third kappa shape index (κ3) is 3.72. The summed E-state index contributed by atoms with van der Waals surface area (Å²) < 4.78 is 6.53. The van der Waals surface area contributed by atoms with Crippen LogP contribution in [0.15, 0.2) is 54.6 Å². The maximum absolute atomic E-state index is 12.8. The summed E-state index contributed by atoms with van der Waals surface area (Å²) >= 11 is 0. The van der Waals surface area contributed by atoms with Crippen LogP contribution < -0.4 is 10.1 Å². The number of para-hydroxylation sites is 1. The Morgan fingerprint density at radius 2 is 1.74 bits per heavy atom. The number of carbonyl (C=O) groups excluding carboxylic acids is 1. The van der Waals surface area contributed by atoms with E-state index in [4.69, 9.17) is 4.74 Å². The first-order chi connectivity index (χ1) is 13.1. The number of carbonyl (C=O) groups is 1. The summed E-state index contributed by atoms with van der Waals surface area (Å²) in [6.45, 7) is 6.58. The smallest absolute Gasteiger partial charge is 0.251 e. The van der Waals surface area contributed by atoms with E-state index in [0.29, 0.717) is 11.6 Å². The fourth-order valence-electron chi connectivity index (χ4n) is 4.33. The first-order valence-corrected chi connectivity index (χ1v) is 9.94. The molecule has 142 valence electrons. The monoisotopic (exact) mass is 364 g/mol. The van der Waals surface area contributed by atoms with Crippen LogP contribution in [0.5, 0.6) is 5.75 Å². The van der Waals surface area contributed by atoms with Gasteiger partial charge in [-0.25, -0.2) is 0 Å². The highest BCUT2D eigenvalue weighted by Gasteiger charge is 2.43. The summed E-state index contributed by atoms with van der Waals surface area (Å²) in [4.78, 5) is 15.3. The molecule has 1 N–H and O–H groups in total.